The molecule has 2 aromatic rings. The second-order valence-electron chi connectivity index (χ2n) is 6.99. The lowest BCUT2D eigenvalue weighted by atomic mass is 9.87. The summed E-state index contributed by atoms with van der Waals surface area (Å²) >= 11 is 0. The summed E-state index contributed by atoms with van der Waals surface area (Å²) in [6.45, 7) is 0.954. The minimum atomic E-state index is -1.43. The van der Waals surface area contributed by atoms with E-state index in [-0.39, 0.29) is 25.1 Å². The maximum atomic E-state index is 14.3. The van der Waals surface area contributed by atoms with Crippen LogP contribution in [0.2, 0.25) is 0 Å². The number of imide groups is 1. The van der Waals surface area contributed by atoms with Gasteiger partial charge in [0.25, 0.3) is 5.91 Å². The SMILES string of the molecule is CCC1(c2ccc(F)cc2)NC(=O)N(CC(=O)N(CCC#N)c2ccccc2F)C1=O. The molecule has 1 fully saturated rings. The van der Waals surface area contributed by atoms with Crippen LogP contribution in [0, 0.1) is 23.0 Å². The molecule has 1 N–H and O–H groups in total. The zero-order valence-corrected chi connectivity index (χ0v) is 16.8. The maximum absolute atomic E-state index is 14.3. The number of para-hydroxylation sites is 1. The maximum Gasteiger partial charge on any atom is 0.325 e. The first-order valence-electron chi connectivity index (χ1n) is 9.66. The quantitative estimate of drug-likeness (QED) is 0.689. The van der Waals surface area contributed by atoms with E-state index < -0.39 is 41.6 Å². The second-order valence-corrected chi connectivity index (χ2v) is 6.99. The molecule has 1 unspecified atom stereocenters. The number of carbonyl (C=O) groups excluding carboxylic acids is 3. The molecule has 9 heteroatoms. The number of nitrogens with one attached hydrogen (secondary N) is 1. The summed E-state index contributed by atoms with van der Waals surface area (Å²) in [6.07, 6.45) is 0.119. The normalized spacial score (nSPS) is 17.9. The molecule has 1 aliphatic heterocycles. The Hall–Kier alpha value is -3.80. The molecule has 0 saturated carbocycles. The molecule has 1 aliphatic rings. The Kier molecular flexibility index (Phi) is 6.30. The summed E-state index contributed by atoms with van der Waals surface area (Å²) in [4.78, 5) is 40.5. The molecule has 2 aromatic carbocycles. The number of hydrogen-bond acceptors (Lipinski definition) is 4. The van der Waals surface area contributed by atoms with Crippen LogP contribution in [0.1, 0.15) is 25.3 Å². The molecular weight excluding hydrogens is 406 g/mol. The van der Waals surface area contributed by atoms with Crippen molar-refractivity contribution in [1.29, 1.82) is 5.26 Å². The first kappa shape index (κ1) is 21.9. The first-order chi connectivity index (χ1) is 14.8. The van der Waals surface area contributed by atoms with Crippen LogP contribution in [0.4, 0.5) is 19.3 Å². The molecule has 0 aromatic heterocycles. The standard InChI is InChI=1S/C22H20F2N4O3/c1-2-22(15-8-10-16(23)11-9-15)20(30)28(21(31)26-22)14-19(29)27(13-5-12-25)18-7-4-3-6-17(18)24/h3-4,6-11H,2,5,13-14H2,1H3,(H,26,31). The van der Waals surface area contributed by atoms with Crippen molar-refractivity contribution >= 4 is 23.5 Å². The molecule has 0 bridgehead atoms. The van der Waals surface area contributed by atoms with Crippen molar-refractivity contribution in [3.05, 3.63) is 65.7 Å². The van der Waals surface area contributed by atoms with Crippen LogP contribution in [0.15, 0.2) is 48.5 Å². The van der Waals surface area contributed by atoms with Crippen LogP contribution >= 0.6 is 0 Å². The topological polar surface area (TPSA) is 93.5 Å². The van der Waals surface area contributed by atoms with Gasteiger partial charge < -0.3 is 10.2 Å². The van der Waals surface area contributed by atoms with Crippen molar-refractivity contribution in [2.24, 2.45) is 0 Å². The molecule has 0 aliphatic carbocycles. The molecule has 3 rings (SSSR count). The van der Waals surface area contributed by atoms with Gasteiger partial charge in [-0.05, 0) is 36.2 Å². The third kappa shape index (κ3) is 4.10. The zero-order chi connectivity index (χ0) is 22.6. The van der Waals surface area contributed by atoms with Crippen LogP contribution in [0.3, 0.4) is 0 Å². The van der Waals surface area contributed by atoms with E-state index in [0.29, 0.717) is 5.56 Å². The average molecular weight is 426 g/mol. The summed E-state index contributed by atoms with van der Waals surface area (Å²) in [7, 11) is 0. The number of carbonyl (C=O) groups is 3. The smallest absolute Gasteiger partial charge is 0.319 e. The number of halogens is 2. The summed E-state index contributed by atoms with van der Waals surface area (Å²) in [6, 6.07) is 11.8. The van der Waals surface area contributed by atoms with Crippen LogP contribution in [-0.2, 0) is 15.1 Å². The van der Waals surface area contributed by atoms with Gasteiger partial charge in [0.15, 0.2) is 0 Å². The van der Waals surface area contributed by atoms with Crippen molar-refractivity contribution in [3.8, 4) is 6.07 Å². The summed E-state index contributed by atoms with van der Waals surface area (Å²) < 4.78 is 27.6. The van der Waals surface area contributed by atoms with E-state index in [9.17, 15) is 23.2 Å². The van der Waals surface area contributed by atoms with Gasteiger partial charge >= 0.3 is 6.03 Å². The van der Waals surface area contributed by atoms with E-state index in [1.807, 2.05) is 6.07 Å². The van der Waals surface area contributed by atoms with Gasteiger partial charge in [-0.25, -0.2) is 13.6 Å². The lowest BCUT2D eigenvalue weighted by Gasteiger charge is -2.27. The zero-order valence-electron chi connectivity index (χ0n) is 16.8. The number of benzene rings is 2. The van der Waals surface area contributed by atoms with Crippen LogP contribution in [-0.4, -0.2) is 35.8 Å². The molecule has 31 heavy (non-hydrogen) atoms. The van der Waals surface area contributed by atoms with E-state index in [1.165, 1.54) is 48.5 Å². The number of amides is 4. The van der Waals surface area contributed by atoms with E-state index in [0.717, 1.165) is 9.80 Å². The average Bonchev–Trinajstić information content (AvgIpc) is 3.00. The van der Waals surface area contributed by atoms with Crippen LogP contribution in [0.5, 0.6) is 0 Å². The van der Waals surface area contributed by atoms with E-state index >= 15 is 0 Å². The fourth-order valence-electron chi connectivity index (χ4n) is 3.58. The highest BCUT2D eigenvalue weighted by Crippen LogP contribution is 2.32. The van der Waals surface area contributed by atoms with Gasteiger partial charge in [0.2, 0.25) is 5.91 Å². The number of anilines is 1. The van der Waals surface area contributed by atoms with Crippen molar-refractivity contribution in [2.75, 3.05) is 18.0 Å². The molecule has 0 radical (unpaired) electrons. The second kappa shape index (κ2) is 8.92. The predicted octanol–water partition coefficient (Wildman–Crippen LogP) is 3.07. The predicted molar refractivity (Wildman–Crippen MR) is 108 cm³/mol. The lowest BCUT2D eigenvalue weighted by Crippen LogP contribution is -2.46. The van der Waals surface area contributed by atoms with Gasteiger partial charge in [-0.15, -0.1) is 0 Å². The molecule has 1 atom stereocenters. The third-order valence-electron chi connectivity index (χ3n) is 5.23. The highest BCUT2D eigenvalue weighted by atomic mass is 19.1. The van der Waals surface area contributed by atoms with E-state index in [4.69, 9.17) is 5.26 Å². The van der Waals surface area contributed by atoms with Crippen LogP contribution < -0.4 is 10.2 Å². The number of nitriles is 1. The minimum absolute atomic E-state index is 0.0462. The van der Waals surface area contributed by atoms with Crippen LogP contribution in [0.25, 0.3) is 0 Å². The largest absolute Gasteiger partial charge is 0.325 e. The van der Waals surface area contributed by atoms with Gasteiger partial charge in [-0.3, -0.25) is 14.5 Å². The monoisotopic (exact) mass is 426 g/mol. The summed E-state index contributed by atoms with van der Waals surface area (Å²) in [5, 5.41) is 11.5. The van der Waals surface area contributed by atoms with Crippen molar-refractivity contribution in [2.45, 2.75) is 25.3 Å². The first-order valence-corrected chi connectivity index (χ1v) is 9.66. The van der Waals surface area contributed by atoms with Gasteiger partial charge in [0.1, 0.15) is 23.7 Å². The Bertz CT molecular complexity index is 1050. The number of rotatable bonds is 7. The molecule has 4 amide bonds. The lowest BCUT2D eigenvalue weighted by molar-refractivity contribution is -0.134. The number of hydrogen-bond donors (Lipinski definition) is 1. The van der Waals surface area contributed by atoms with Gasteiger partial charge in [-0.2, -0.15) is 5.26 Å². The number of urea groups is 1. The Balaban J connectivity index is 1.88. The highest BCUT2D eigenvalue weighted by molar-refractivity contribution is 6.10. The van der Waals surface area contributed by atoms with Gasteiger partial charge in [0.05, 0.1) is 18.2 Å². The fourth-order valence-corrected chi connectivity index (χ4v) is 3.58. The molecule has 1 heterocycles. The molecular formula is C22H20F2N4O3. The van der Waals surface area contributed by atoms with Crippen molar-refractivity contribution < 1.29 is 23.2 Å². The minimum Gasteiger partial charge on any atom is -0.319 e. The Morgan fingerprint density at radius 2 is 1.84 bits per heavy atom. The Morgan fingerprint density at radius 1 is 1.16 bits per heavy atom. The highest BCUT2D eigenvalue weighted by Gasteiger charge is 2.51. The fraction of sp³-hybridized carbons (Fsp3) is 0.273. The third-order valence-corrected chi connectivity index (χ3v) is 5.23. The summed E-state index contributed by atoms with van der Waals surface area (Å²) in [5.41, 5.74) is -1.09. The Labute approximate surface area is 177 Å². The molecule has 160 valence electrons. The van der Waals surface area contributed by atoms with E-state index in [1.54, 1.807) is 6.92 Å². The van der Waals surface area contributed by atoms with Gasteiger partial charge in [-0.1, -0.05) is 31.2 Å². The summed E-state index contributed by atoms with van der Waals surface area (Å²) in [5.74, 6) is -2.53. The van der Waals surface area contributed by atoms with Crippen molar-refractivity contribution in [3.63, 3.8) is 0 Å². The molecule has 0 spiro atoms. The Morgan fingerprint density at radius 3 is 2.45 bits per heavy atom. The van der Waals surface area contributed by atoms with Gasteiger partial charge in [0, 0.05) is 6.54 Å². The molecule has 1 saturated heterocycles. The van der Waals surface area contributed by atoms with E-state index in [2.05, 4.69) is 5.32 Å². The van der Waals surface area contributed by atoms with Crippen molar-refractivity contribution in [1.82, 2.24) is 10.2 Å². The number of nitrogens with zero attached hydrogens (tertiary/aromatic N) is 3. The molecule has 7 nitrogen and oxygen atoms in total.